The van der Waals surface area contributed by atoms with Gasteiger partial charge in [0.25, 0.3) is 0 Å². The quantitative estimate of drug-likeness (QED) is 0.406. The molecule has 9 heteroatoms. The molecule has 0 aliphatic carbocycles. The summed E-state index contributed by atoms with van der Waals surface area (Å²) in [7, 11) is 0. The average Bonchev–Trinajstić information content (AvgIpc) is 2.87. The number of aromatic nitrogens is 3. The first-order valence-corrected chi connectivity index (χ1v) is 12.2. The minimum absolute atomic E-state index is 0.0493. The van der Waals surface area contributed by atoms with Gasteiger partial charge in [0.05, 0.1) is 17.9 Å². The van der Waals surface area contributed by atoms with E-state index >= 15 is 0 Å². The lowest BCUT2D eigenvalue weighted by molar-refractivity contribution is -0.117. The minimum Gasteiger partial charge on any atom is -0.444 e. The van der Waals surface area contributed by atoms with Crippen LogP contribution in [0, 0.1) is 0 Å². The molecule has 0 aliphatic heterocycles. The number of anilines is 1. The number of nitrogens with one attached hydrogen (secondary N) is 1. The lowest BCUT2D eigenvalue weighted by Gasteiger charge is -2.27. The number of ether oxygens (including phenoxy) is 1. The predicted octanol–water partition coefficient (Wildman–Crippen LogP) is 5.07. The number of benzene rings is 1. The molecule has 194 valence electrons. The molecule has 3 aromatic rings. The van der Waals surface area contributed by atoms with Crippen molar-refractivity contribution in [2.45, 2.75) is 59.6 Å². The highest BCUT2D eigenvalue weighted by atomic mass is 16.6. The SMILES string of the molecule is CCC(=O)c1ncc(-c2cccc(CC)c2)cc1NC(=O)CN(Cc1ccncn1)C(=O)OC(C)(C)C. The van der Waals surface area contributed by atoms with Crippen molar-refractivity contribution in [2.75, 3.05) is 11.9 Å². The summed E-state index contributed by atoms with van der Waals surface area (Å²) in [5.74, 6) is -0.694. The Morgan fingerprint density at radius 2 is 1.81 bits per heavy atom. The molecule has 0 atom stereocenters. The van der Waals surface area contributed by atoms with Crippen LogP contribution in [0.5, 0.6) is 0 Å². The van der Waals surface area contributed by atoms with E-state index in [9.17, 15) is 14.4 Å². The first-order chi connectivity index (χ1) is 17.6. The molecule has 0 radical (unpaired) electrons. The van der Waals surface area contributed by atoms with Gasteiger partial charge < -0.3 is 10.1 Å². The monoisotopic (exact) mass is 503 g/mol. The lowest BCUT2D eigenvalue weighted by atomic mass is 10.0. The van der Waals surface area contributed by atoms with E-state index in [1.54, 1.807) is 52.2 Å². The van der Waals surface area contributed by atoms with Crippen LogP contribution in [0.1, 0.15) is 62.8 Å². The van der Waals surface area contributed by atoms with E-state index in [4.69, 9.17) is 4.74 Å². The van der Waals surface area contributed by atoms with Gasteiger partial charge in [0, 0.05) is 24.4 Å². The second kappa shape index (κ2) is 12.2. The summed E-state index contributed by atoms with van der Waals surface area (Å²) in [5, 5.41) is 2.79. The summed E-state index contributed by atoms with van der Waals surface area (Å²) >= 11 is 0. The molecule has 1 N–H and O–H groups in total. The molecular weight excluding hydrogens is 470 g/mol. The summed E-state index contributed by atoms with van der Waals surface area (Å²) in [6.07, 6.45) is 5.02. The number of hydrogen-bond acceptors (Lipinski definition) is 7. The van der Waals surface area contributed by atoms with Crippen LogP contribution in [0.25, 0.3) is 11.1 Å². The van der Waals surface area contributed by atoms with Crippen LogP contribution in [0.3, 0.4) is 0 Å². The Kier molecular flexibility index (Phi) is 9.05. The molecule has 9 nitrogen and oxygen atoms in total. The van der Waals surface area contributed by atoms with Gasteiger partial charge in [-0.05, 0) is 50.5 Å². The van der Waals surface area contributed by atoms with Gasteiger partial charge in [-0.3, -0.25) is 19.5 Å². The van der Waals surface area contributed by atoms with E-state index in [2.05, 4.69) is 33.3 Å². The largest absolute Gasteiger partial charge is 0.444 e. The van der Waals surface area contributed by atoms with Crippen LogP contribution in [0.2, 0.25) is 0 Å². The molecule has 0 fully saturated rings. The van der Waals surface area contributed by atoms with E-state index in [0.717, 1.165) is 23.1 Å². The lowest BCUT2D eigenvalue weighted by Crippen LogP contribution is -2.41. The number of pyridine rings is 1. The zero-order chi connectivity index (χ0) is 27.0. The second-order valence-corrected chi connectivity index (χ2v) is 9.54. The Balaban J connectivity index is 1.88. The number of hydrogen-bond donors (Lipinski definition) is 1. The van der Waals surface area contributed by atoms with E-state index < -0.39 is 17.6 Å². The highest BCUT2D eigenvalue weighted by Gasteiger charge is 2.25. The molecule has 0 bridgehead atoms. The van der Waals surface area contributed by atoms with Gasteiger partial charge >= 0.3 is 6.09 Å². The van der Waals surface area contributed by atoms with Crippen molar-refractivity contribution < 1.29 is 19.1 Å². The molecule has 37 heavy (non-hydrogen) atoms. The Bertz CT molecular complexity index is 1250. The van der Waals surface area contributed by atoms with Crippen LogP contribution in [0.4, 0.5) is 10.5 Å². The molecule has 2 heterocycles. The molecule has 0 spiro atoms. The fourth-order valence-electron chi connectivity index (χ4n) is 3.56. The van der Waals surface area contributed by atoms with Crippen LogP contribution in [-0.2, 0) is 22.5 Å². The second-order valence-electron chi connectivity index (χ2n) is 9.54. The van der Waals surface area contributed by atoms with Gasteiger partial charge in [0.1, 0.15) is 24.2 Å². The average molecular weight is 504 g/mol. The standard InChI is InChI=1S/C28H33N5O4/c1-6-19-9-8-10-20(13-19)21-14-23(26(30-15-21)24(34)7-2)32-25(35)17-33(27(36)37-28(3,4)5)16-22-11-12-29-18-31-22/h8-15,18H,6-7,16-17H2,1-5H3,(H,32,35). The predicted molar refractivity (Wildman–Crippen MR) is 141 cm³/mol. The fourth-order valence-corrected chi connectivity index (χ4v) is 3.56. The van der Waals surface area contributed by atoms with Crippen molar-refractivity contribution in [3.63, 3.8) is 0 Å². The maximum Gasteiger partial charge on any atom is 0.411 e. The summed E-state index contributed by atoms with van der Waals surface area (Å²) in [6.45, 7) is 8.80. The van der Waals surface area contributed by atoms with Crippen LogP contribution in [-0.4, -0.2) is 49.8 Å². The van der Waals surface area contributed by atoms with Crippen molar-refractivity contribution in [3.05, 3.63) is 72.1 Å². The molecule has 0 aliphatic rings. The number of ketones is 1. The summed E-state index contributed by atoms with van der Waals surface area (Å²) in [4.78, 5) is 52.3. The topological polar surface area (TPSA) is 114 Å². The van der Waals surface area contributed by atoms with Crippen molar-refractivity contribution in [1.29, 1.82) is 0 Å². The first kappa shape index (κ1) is 27.4. The molecule has 0 saturated heterocycles. The molecule has 0 saturated carbocycles. The van der Waals surface area contributed by atoms with Crippen LogP contribution < -0.4 is 5.32 Å². The number of Topliss-reactive ketones (excluding diaryl/α,β-unsaturated/α-hetero) is 1. The molecule has 2 amide bonds. The fraction of sp³-hybridized carbons (Fsp3) is 0.357. The number of aryl methyl sites for hydroxylation is 1. The highest BCUT2D eigenvalue weighted by molar-refractivity contribution is 6.04. The zero-order valence-corrected chi connectivity index (χ0v) is 21.9. The number of carbonyl (C=O) groups excluding carboxylic acids is 3. The van der Waals surface area contributed by atoms with Crippen molar-refractivity contribution in [1.82, 2.24) is 19.9 Å². The summed E-state index contributed by atoms with van der Waals surface area (Å²) in [6, 6.07) is 11.4. The number of amides is 2. The van der Waals surface area contributed by atoms with Crippen molar-refractivity contribution in [2.24, 2.45) is 0 Å². The smallest absolute Gasteiger partial charge is 0.411 e. The van der Waals surface area contributed by atoms with Crippen LogP contribution in [0.15, 0.2) is 55.1 Å². The maximum absolute atomic E-state index is 13.2. The van der Waals surface area contributed by atoms with E-state index in [-0.39, 0.29) is 31.0 Å². The highest BCUT2D eigenvalue weighted by Crippen LogP contribution is 2.26. The molecule has 3 rings (SSSR count). The van der Waals surface area contributed by atoms with Gasteiger partial charge in [0.15, 0.2) is 5.78 Å². The maximum atomic E-state index is 13.2. The Morgan fingerprint density at radius 3 is 2.46 bits per heavy atom. The summed E-state index contributed by atoms with van der Waals surface area (Å²) < 4.78 is 5.50. The third-order valence-electron chi connectivity index (χ3n) is 5.40. The van der Waals surface area contributed by atoms with Gasteiger partial charge in [-0.2, -0.15) is 0 Å². The van der Waals surface area contributed by atoms with E-state index in [1.165, 1.54) is 11.2 Å². The van der Waals surface area contributed by atoms with Crippen LogP contribution >= 0.6 is 0 Å². The normalized spacial score (nSPS) is 11.1. The van der Waals surface area contributed by atoms with Crippen molar-refractivity contribution in [3.8, 4) is 11.1 Å². The molecule has 1 aromatic carbocycles. The Hall–Kier alpha value is -4.14. The minimum atomic E-state index is -0.747. The summed E-state index contributed by atoms with van der Waals surface area (Å²) in [5.41, 5.74) is 3.13. The number of rotatable bonds is 9. The first-order valence-electron chi connectivity index (χ1n) is 12.2. The van der Waals surface area contributed by atoms with Gasteiger partial charge in [-0.25, -0.2) is 14.8 Å². The third kappa shape index (κ3) is 7.93. The molecule has 0 unspecified atom stereocenters. The molecular formula is C28H33N5O4. The number of nitrogens with zero attached hydrogens (tertiary/aromatic N) is 4. The Morgan fingerprint density at radius 1 is 1.03 bits per heavy atom. The zero-order valence-electron chi connectivity index (χ0n) is 21.9. The Labute approximate surface area is 217 Å². The van der Waals surface area contributed by atoms with E-state index in [0.29, 0.717) is 11.4 Å². The van der Waals surface area contributed by atoms with Crippen molar-refractivity contribution >= 4 is 23.5 Å². The third-order valence-corrected chi connectivity index (χ3v) is 5.40. The van der Waals surface area contributed by atoms with Gasteiger partial charge in [-0.1, -0.05) is 38.1 Å². The van der Waals surface area contributed by atoms with Gasteiger partial charge in [0.2, 0.25) is 5.91 Å². The van der Waals surface area contributed by atoms with Gasteiger partial charge in [-0.15, -0.1) is 0 Å². The molecule has 2 aromatic heterocycles. The number of carbonyl (C=O) groups is 3. The van der Waals surface area contributed by atoms with E-state index in [1.807, 2.05) is 18.2 Å².